The van der Waals surface area contributed by atoms with E-state index in [-0.39, 0.29) is 23.0 Å². The summed E-state index contributed by atoms with van der Waals surface area (Å²) in [6.07, 6.45) is 0. The largest absolute Gasteiger partial charge is 0.504 e. The van der Waals surface area contributed by atoms with Crippen molar-refractivity contribution in [3.8, 4) is 23.0 Å². The molecular formula is C21H25N3O8. The number of hydrogen-bond donors (Lipinski definition) is 3. The highest BCUT2D eigenvalue weighted by atomic mass is 16.6. The van der Waals surface area contributed by atoms with Crippen molar-refractivity contribution in [3.63, 3.8) is 0 Å². The number of nitrogens with zero attached hydrogens (tertiary/aromatic N) is 2. The Morgan fingerprint density at radius 1 is 0.844 bits per heavy atom. The standard InChI is InChI=1S/C21H25N3O8/c1-21(2)19(23(27)28)17(11-5-7-13(25)15(9-11)31-3)22-18(20(21)24(29)30)12-6-8-14(26)16(10-12)32-4/h5-10,17-20,22,25-26H,1-4H3/t17-,18-,19-,20+/m0/s1. The first-order chi connectivity index (χ1) is 15.0. The van der Waals surface area contributed by atoms with Crippen LogP contribution in [-0.4, -0.2) is 46.4 Å². The molecule has 3 rings (SSSR count). The zero-order valence-corrected chi connectivity index (χ0v) is 18.0. The molecule has 2 aromatic carbocycles. The van der Waals surface area contributed by atoms with Crippen LogP contribution in [-0.2, 0) is 0 Å². The summed E-state index contributed by atoms with van der Waals surface area (Å²) in [6, 6.07) is 4.11. The van der Waals surface area contributed by atoms with Crippen LogP contribution in [0.2, 0.25) is 0 Å². The number of benzene rings is 2. The Kier molecular flexibility index (Phi) is 6.13. The summed E-state index contributed by atoms with van der Waals surface area (Å²) in [7, 11) is 2.71. The number of nitro groups is 2. The zero-order chi connectivity index (χ0) is 23.8. The third kappa shape index (κ3) is 3.86. The second-order valence-electron chi connectivity index (χ2n) is 8.27. The predicted molar refractivity (Wildman–Crippen MR) is 113 cm³/mol. The molecule has 0 radical (unpaired) electrons. The van der Waals surface area contributed by atoms with Gasteiger partial charge in [0.25, 0.3) is 0 Å². The van der Waals surface area contributed by atoms with Gasteiger partial charge in [0.15, 0.2) is 23.0 Å². The maximum Gasteiger partial charge on any atom is 0.243 e. The highest BCUT2D eigenvalue weighted by Gasteiger charge is 2.63. The lowest BCUT2D eigenvalue weighted by molar-refractivity contribution is -0.605. The first kappa shape index (κ1) is 23.1. The maximum atomic E-state index is 12.1. The van der Waals surface area contributed by atoms with Crippen LogP contribution in [0.25, 0.3) is 0 Å². The van der Waals surface area contributed by atoms with Crippen molar-refractivity contribution in [1.29, 1.82) is 0 Å². The van der Waals surface area contributed by atoms with Gasteiger partial charge >= 0.3 is 0 Å². The molecule has 0 aliphatic carbocycles. The molecule has 11 heteroatoms. The average molecular weight is 447 g/mol. The van der Waals surface area contributed by atoms with Crippen molar-refractivity contribution in [2.75, 3.05) is 14.2 Å². The fourth-order valence-corrected chi connectivity index (χ4v) is 4.53. The van der Waals surface area contributed by atoms with Crippen LogP contribution >= 0.6 is 0 Å². The number of nitrogens with one attached hydrogen (secondary N) is 1. The SMILES string of the molecule is COc1cc([C@@H]2N[C@@H](c3ccc(O)c(OC)c3)[C@@H]([N+](=O)[O-])C(C)(C)[C@H]2[N+](=O)[O-])ccc1O. The Morgan fingerprint density at radius 3 is 1.53 bits per heavy atom. The molecule has 32 heavy (non-hydrogen) atoms. The van der Waals surface area contributed by atoms with Crippen LogP contribution in [0.3, 0.4) is 0 Å². The van der Waals surface area contributed by atoms with Gasteiger partial charge in [-0.25, -0.2) is 0 Å². The Balaban J connectivity index is 2.20. The molecule has 0 unspecified atom stereocenters. The van der Waals surface area contributed by atoms with E-state index in [0.29, 0.717) is 11.1 Å². The van der Waals surface area contributed by atoms with Gasteiger partial charge in [-0.2, -0.15) is 0 Å². The fourth-order valence-electron chi connectivity index (χ4n) is 4.53. The fraction of sp³-hybridized carbons (Fsp3) is 0.429. The van der Waals surface area contributed by atoms with Gasteiger partial charge in [0, 0.05) is 9.85 Å². The summed E-state index contributed by atoms with van der Waals surface area (Å²) in [5, 5.41) is 47.2. The second-order valence-corrected chi connectivity index (χ2v) is 8.27. The number of phenolic OH excluding ortho intramolecular Hbond substituents is 2. The summed E-state index contributed by atoms with van der Waals surface area (Å²) >= 11 is 0. The molecule has 1 aliphatic rings. The molecule has 1 fully saturated rings. The van der Waals surface area contributed by atoms with E-state index in [2.05, 4.69) is 5.32 Å². The lowest BCUT2D eigenvalue weighted by Gasteiger charge is -2.44. The second kappa shape index (κ2) is 8.50. The van der Waals surface area contributed by atoms with Crippen molar-refractivity contribution >= 4 is 0 Å². The number of hydrogen-bond acceptors (Lipinski definition) is 9. The van der Waals surface area contributed by atoms with E-state index >= 15 is 0 Å². The van der Waals surface area contributed by atoms with Crippen LogP contribution in [0.4, 0.5) is 0 Å². The molecule has 3 N–H and O–H groups in total. The highest BCUT2D eigenvalue weighted by molar-refractivity contribution is 5.45. The minimum atomic E-state index is -1.39. The Morgan fingerprint density at radius 2 is 1.22 bits per heavy atom. The Bertz CT molecular complexity index is 962. The normalized spacial score (nSPS) is 24.5. The molecule has 0 saturated carbocycles. The van der Waals surface area contributed by atoms with E-state index < -0.39 is 39.4 Å². The van der Waals surface area contributed by atoms with Crippen molar-refractivity contribution in [1.82, 2.24) is 5.32 Å². The monoisotopic (exact) mass is 447 g/mol. The summed E-state index contributed by atoms with van der Waals surface area (Å²) in [4.78, 5) is 23.3. The van der Waals surface area contributed by atoms with Crippen molar-refractivity contribution in [2.24, 2.45) is 5.41 Å². The van der Waals surface area contributed by atoms with Gasteiger partial charge in [0.2, 0.25) is 12.1 Å². The third-order valence-electron chi connectivity index (χ3n) is 6.10. The van der Waals surface area contributed by atoms with E-state index in [1.165, 1.54) is 64.5 Å². The van der Waals surface area contributed by atoms with E-state index in [0.717, 1.165) is 0 Å². The van der Waals surface area contributed by atoms with Gasteiger partial charge in [0.1, 0.15) is 17.5 Å². The van der Waals surface area contributed by atoms with Gasteiger partial charge in [-0.3, -0.25) is 25.5 Å². The summed E-state index contributed by atoms with van der Waals surface area (Å²) in [5.41, 5.74) is -0.511. The number of ether oxygens (including phenoxy) is 2. The summed E-state index contributed by atoms with van der Waals surface area (Å²) < 4.78 is 10.3. The lowest BCUT2D eigenvalue weighted by atomic mass is 9.66. The Hall–Kier alpha value is -3.60. The number of methoxy groups -OCH3 is 2. The maximum absolute atomic E-state index is 12.1. The van der Waals surface area contributed by atoms with E-state index in [1.54, 1.807) is 0 Å². The molecule has 1 heterocycles. The van der Waals surface area contributed by atoms with Crippen molar-refractivity contribution in [3.05, 3.63) is 67.8 Å². The molecule has 1 saturated heterocycles. The molecule has 1 aliphatic heterocycles. The lowest BCUT2D eigenvalue weighted by Crippen LogP contribution is -2.63. The van der Waals surface area contributed by atoms with Crippen LogP contribution in [0.15, 0.2) is 36.4 Å². The van der Waals surface area contributed by atoms with Gasteiger partial charge in [0.05, 0.1) is 14.2 Å². The molecule has 2 aromatic rings. The van der Waals surface area contributed by atoms with E-state index in [4.69, 9.17) is 9.47 Å². The first-order valence-electron chi connectivity index (χ1n) is 9.79. The van der Waals surface area contributed by atoms with Crippen LogP contribution < -0.4 is 14.8 Å². The number of phenols is 2. The molecule has 0 aromatic heterocycles. The molecule has 172 valence electrons. The first-order valence-corrected chi connectivity index (χ1v) is 9.79. The van der Waals surface area contributed by atoms with E-state index in [1.807, 2.05) is 0 Å². The van der Waals surface area contributed by atoms with E-state index in [9.17, 15) is 30.4 Å². The van der Waals surface area contributed by atoms with Crippen LogP contribution in [0.5, 0.6) is 23.0 Å². The molecular weight excluding hydrogens is 422 g/mol. The quantitative estimate of drug-likeness (QED) is 0.447. The molecule has 11 nitrogen and oxygen atoms in total. The number of rotatable bonds is 6. The third-order valence-corrected chi connectivity index (χ3v) is 6.10. The van der Waals surface area contributed by atoms with Crippen LogP contribution in [0.1, 0.15) is 37.1 Å². The van der Waals surface area contributed by atoms with Gasteiger partial charge in [-0.05, 0) is 49.2 Å². The minimum Gasteiger partial charge on any atom is -0.504 e. The topological polar surface area (TPSA) is 157 Å². The average Bonchev–Trinajstić information content (AvgIpc) is 2.72. The zero-order valence-electron chi connectivity index (χ0n) is 18.0. The predicted octanol–water partition coefficient (Wildman–Crippen LogP) is 2.82. The summed E-state index contributed by atoms with van der Waals surface area (Å²) in [5.74, 6) is -0.00848. The van der Waals surface area contributed by atoms with Crippen LogP contribution in [0, 0.1) is 25.6 Å². The van der Waals surface area contributed by atoms with Gasteiger partial charge < -0.3 is 19.7 Å². The highest BCUT2D eigenvalue weighted by Crippen LogP contribution is 2.48. The number of piperidine rings is 1. The van der Waals surface area contributed by atoms with Crippen molar-refractivity contribution in [2.45, 2.75) is 38.0 Å². The Labute approximate surface area is 183 Å². The van der Waals surface area contributed by atoms with Gasteiger partial charge in [-0.1, -0.05) is 12.1 Å². The van der Waals surface area contributed by atoms with Gasteiger partial charge in [-0.15, -0.1) is 0 Å². The smallest absolute Gasteiger partial charge is 0.243 e. The van der Waals surface area contributed by atoms with Crippen molar-refractivity contribution < 1.29 is 29.5 Å². The molecule has 4 atom stereocenters. The molecule has 0 bridgehead atoms. The molecule has 0 spiro atoms. The molecule has 0 amide bonds. The summed E-state index contributed by atoms with van der Waals surface area (Å²) in [6.45, 7) is 3.01. The number of aromatic hydroxyl groups is 2. The minimum absolute atomic E-state index is 0.128.